The van der Waals surface area contributed by atoms with Gasteiger partial charge in [0.2, 0.25) is 0 Å². The lowest BCUT2D eigenvalue weighted by Gasteiger charge is -2.30. The molecule has 2 heterocycles. The van der Waals surface area contributed by atoms with Crippen LogP contribution in [0.15, 0.2) is 146 Å². The molecule has 4 nitrogen and oxygen atoms in total. The van der Waals surface area contributed by atoms with E-state index in [2.05, 4.69) is 171 Å². The molecule has 1 aliphatic carbocycles. The fourth-order valence-corrected chi connectivity index (χ4v) is 8.13. The highest BCUT2D eigenvalue weighted by Crippen LogP contribution is 2.48. The molecule has 0 saturated heterocycles. The van der Waals surface area contributed by atoms with E-state index >= 15 is 0 Å². The molecule has 53 heavy (non-hydrogen) atoms. The number of rotatable bonds is 6. The van der Waals surface area contributed by atoms with Crippen LogP contribution in [0.2, 0.25) is 0 Å². The van der Waals surface area contributed by atoms with Crippen molar-refractivity contribution in [2.75, 3.05) is 9.80 Å². The maximum atomic E-state index is 4.95. The van der Waals surface area contributed by atoms with E-state index in [-0.39, 0.29) is 0 Å². The van der Waals surface area contributed by atoms with Crippen molar-refractivity contribution in [1.29, 1.82) is 0 Å². The minimum Gasteiger partial charge on any atom is -0.294 e. The lowest BCUT2D eigenvalue weighted by molar-refractivity contribution is 1.16. The molecule has 9 rings (SSSR count). The standard InChI is InChI=1S/C49H40N4/c1-32-30-45(53(47-25-11-13-29-51-47)43-23-15-19-37-17-8-9-21-40(37)43)41-27-26-38-33(2)31-44(35(4)49(38)48(41)34(32)3)52(46-24-10-12-28-50-46)42-22-14-18-36-16-6-5-7-20-39(36)42/h6-31H,5H2,1-4H3. The van der Waals surface area contributed by atoms with Crippen molar-refractivity contribution < 1.29 is 0 Å². The van der Waals surface area contributed by atoms with Gasteiger partial charge in [-0.2, -0.15) is 0 Å². The third-order valence-corrected chi connectivity index (χ3v) is 10.8. The average Bonchev–Trinajstić information content (AvgIpc) is 3.46. The Kier molecular flexibility index (Phi) is 8.08. The Hall–Kier alpha value is -6.52. The Morgan fingerprint density at radius 2 is 1.09 bits per heavy atom. The van der Waals surface area contributed by atoms with Crippen molar-refractivity contribution >= 4 is 78.9 Å². The molecule has 2 aromatic heterocycles. The molecular weight excluding hydrogens is 645 g/mol. The van der Waals surface area contributed by atoms with Gasteiger partial charge in [0, 0.05) is 28.7 Å². The summed E-state index contributed by atoms with van der Waals surface area (Å²) in [6.07, 6.45) is 13.6. The Labute approximate surface area is 311 Å². The van der Waals surface area contributed by atoms with Crippen molar-refractivity contribution in [3.63, 3.8) is 0 Å². The summed E-state index contributed by atoms with van der Waals surface area (Å²) < 4.78 is 0. The molecule has 0 amide bonds. The SMILES string of the molecule is Cc1cc(N(c2ccccn2)c2cccc3ccccc23)c2ccc3c(C)cc(N(c4ccccn4)c4cccc5c4C=CCC=C5)c(C)c3c2c1C. The molecule has 0 saturated carbocycles. The average molecular weight is 685 g/mol. The fraction of sp³-hybridized carbons (Fsp3) is 0.102. The monoisotopic (exact) mass is 684 g/mol. The van der Waals surface area contributed by atoms with Crippen molar-refractivity contribution in [3.8, 4) is 0 Å². The van der Waals surface area contributed by atoms with Crippen LogP contribution in [0.25, 0.3) is 44.5 Å². The summed E-state index contributed by atoms with van der Waals surface area (Å²) in [5, 5.41) is 7.33. The summed E-state index contributed by atoms with van der Waals surface area (Å²) in [5.41, 5.74) is 11.8. The van der Waals surface area contributed by atoms with E-state index in [1.807, 2.05) is 24.5 Å². The molecule has 256 valence electrons. The number of benzene rings is 6. The number of pyridine rings is 2. The minimum atomic E-state index is 0.878. The summed E-state index contributed by atoms with van der Waals surface area (Å²) in [6.45, 7) is 9.04. The highest BCUT2D eigenvalue weighted by atomic mass is 15.2. The van der Waals surface area contributed by atoms with Gasteiger partial charge in [0.1, 0.15) is 11.6 Å². The third-order valence-electron chi connectivity index (χ3n) is 10.8. The maximum Gasteiger partial charge on any atom is 0.137 e. The van der Waals surface area contributed by atoms with Crippen LogP contribution in [-0.4, -0.2) is 9.97 Å². The van der Waals surface area contributed by atoms with Crippen LogP contribution in [0.5, 0.6) is 0 Å². The fourth-order valence-electron chi connectivity index (χ4n) is 8.13. The second-order valence-electron chi connectivity index (χ2n) is 14.0. The second kappa shape index (κ2) is 13.2. The van der Waals surface area contributed by atoms with Crippen molar-refractivity contribution in [1.82, 2.24) is 9.97 Å². The molecule has 0 bridgehead atoms. The number of aryl methyl sites for hydroxylation is 4. The molecule has 0 unspecified atom stereocenters. The number of nitrogens with zero attached hydrogens (tertiary/aromatic N) is 4. The first-order valence-corrected chi connectivity index (χ1v) is 18.3. The Balaban J connectivity index is 1.37. The predicted molar refractivity (Wildman–Crippen MR) is 226 cm³/mol. The predicted octanol–water partition coefficient (Wildman–Crippen LogP) is 13.5. The highest BCUT2D eigenvalue weighted by Gasteiger charge is 2.25. The first-order chi connectivity index (χ1) is 26.0. The molecule has 0 N–H and O–H groups in total. The van der Waals surface area contributed by atoms with Gasteiger partial charge in [-0.05, 0) is 132 Å². The Morgan fingerprint density at radius 1 is 0.472 bits per heavy atom. The Bertz CT molecular complexity index is 2740. The van der Waals surface area contributed by atoms with E-state index in [1.54, 1.807) is 0 Å². The van der Waals surface area contributed by atoms with Crippen LogP contribution in [0.4, 0.5) is 34.4 Å². The first kappa shape index (κ1) is 32.4. The van der Waals surface area contributed by atoms with E-state index in [9.17, 15) is 0 Å². The summed E-state index contributed by atoms with van der Waals surface area (Å²) in [5.74, 6) is 1.76. The van der Waals surface area contributed by atoms with Crippen molar-refractivity contribution in [2.45, 2.75) is 34.1 Å². The van der Waals surface area contributed by atoms with E-state index in [0.29, 0.717) is 0 Å². The molecule has 4 heteroatoms. The summed E-state index contributed by atoms with van der Waals surface area (Å²) in [6, 6.07) is 43.4. The van der Waals surface area contributed by atoms with Gasteiger partial charge < -0.3 is 0 Å². The zero-order valence-corrected chi connectivity index (χ0v) is 30.5. The highest BCUT2D eigenvalue weighted by molar-refractivity contribution is 6.18. The molecule has 0 spiro atoms. The van der Waals surface area contributed by atoms with E-state index in [4.69, 9.17) is 9.97 Å². The van der Waals surface area contributed by atoms with Crippen molar-refractivity contribution in [3.05, 3.63) is 179 Å². The number of anilines is 6. The maximum absolute atomic E-state index is 4.95. The molecule has 1 aliphatic rings. The number of hydrogen-bond donors (Lipinski definition) is 0. The molecule has 0 atom stereocenters. The largest absolute Gasteiger partial charge is 0.294 e. The van der Waals surface area contributed by atoms with Gasteiger partial charge in [-0.1, -0.05) is 97.1 Å². The minimum absolute atomic E-state index is 0.878. The van der Waals surface area contributed by atoms with E-state index in [1.165, 1.54) is 65.7 Å². The molecule has 0 fully saturated rings. The number of aromatic nitrogens is 2. The Morgan fingerprint density at radius 3 is 1.87 bits per heavy atom. The van der Waals surface area contributed by atoms with Gasteiger partial charge in [-0.15, -0.1) is 0 Å². The third kappa shape index (κ3) is 5.46. The topological polar surface area (TPSA) is 32.3 Å². The van der Waals surface area contributed by atoms with Crippen LogP contribution in [0, 0.1) is 27.7 Å². The number of fused-ring (bicyclic) bond motifs is 5. The second-order valence-corrected chi connectivity index (χ2v) is 14.0. The number of hydrogen-bond acceptors (Lipinski definition) is 4. The quantitative estimate of drug-likeness (QED) is 0.163. The van der Waals surface area contributed by atoms with Gasteiger partial charge in [0.15, 0.2) is 0 Å². The smallest absolute Gasteiger partial charge is 0.137 e. The summed E-state index contributed by atoms with van der Waals surface area (Å²) >= 11 is 0. The lowest BCUT2D eigenvalue weighted by Crippen LogP contribution is -2.15. The molecule has 0 aliphatic heterocycles. The number of allylic oxidation sites excluding steroid dienone is 2. The molecule has 6 aromatic carbocycles. The van der Waals surface area contributed by atoms with E-state index < -0.39 is 0 Å². The summed E-state index contributed by atoms with van der Waals surface area (Å²) in [4.78, 5) is 14.6. The van der Waals surface area contributed by atoms with Crippen LogP contribution < -0.4 is 9.80 Å². The van der Waals surface area contributed by atoms with Crippen LogP contribution in [0.1, 0.15) is 39.8 Å². The zero-order chi connectivity index (χ0) is 36.1. The zero-order valence-electron chi connectivity index (χ0n) is 30.5. The lowest BCUT2D eigenvalue weighted by atomic mass is 9.88. The van der Waals surface area contributed by atoms with Gasteiger partial charge in [-0.3, -0.25) is 9.80 Å². The van der Waals surface area contributed by atoms with Gasteiger partial charge in [-0.25, -0.2) is 9.97 Å². The first-order valence-electron chi connectivity index (χ1n) is 18.3. The molecular formula is C49H40N4. The van der Waals surface area contributed by atoms with Crippen molar-refractivity contribution in [2.24, 2.45) is 0 Å². The van der Waals surface area contributed by atoms with Crippen LogP contribution >= 0.6 is 0 Å². The molecule has 0 radical (unpaired) electrons. The summed E-state index contributed by atoms with van der Waals surface area (Å²) in [7, 11) is 0. The van der Waals surface area contributed by atoms with Crippen LogP contribution in [0.3, 0.4) is 0 Å². The van der Waals surface area contributed by atoms with Gasteiger partial charge >= 0.3 is 0 Å². The van der Waals surface area contributed by atoms with Gasteiger partial charge in [0.25, 0.3) is 0 Å². The van der Waals surface area contributed by atoms with E-state index in [0.717, 1.165) is 40.8 Å². The van der Waals surface area contributed by atoms with Gasteiger partial charge in [0.05, 0.1) is 22.7 Å². The normalized spacial score (nSPS) is 12.3. The molecule has 8 aromatic rings. The van der Waals surface area contributed by atoms with Crippen LogP contribution in [-0.2, 0) is 0 Å².